The van der Waals surface area contributed by atoms with Crippen molar-refractivity contribution >= 4 is 5.91 Å². The molecule has 0 aromatic heterocycles. The molecular weight excluding hydrogens is 458 g/mol. The van der Waals surface area contributed by atoms with E-state index in [1.54, 1.807) is 0 Å². The lowest BCUT2D eigenvalue weighted by atomic mass is 10.0. The number of unbranched alkanes of at least 4 members (excludes halogenated alkanes) is 20. The van der Waals surface area contributed by atoms with E-state index in [4.69, 9.17) is 0 Å². The Hall–Kier alpha value is -0.870. The van der Waals surface area contributed by atoms with Gasteiger partial charge in [-0.2, -0.15) is 0 Å². The maximum Gasteiger partial charge on any atom is 0.220 e. The highest BCUT2D eigenvalue weighted by Gasteiger charge is 2.19. The van der Waals surface area contributed by atoms with Gasteiger partial charge >= 0.3 is 0 Å². The highest BCUT2D eigenvalue weighted by atomic mass is 16.3. The number of hydrogen-bond acceptors (Lipinski definition) is 3. The molecule has 0 heterocycles. The smallest absolute Gasteiger partial charge is 0.220 e. The maximum atomic E-state index is 12.2. The Balaban J connectivity index is 3.62. The molecule has 0 rings (SSSR count). The van der Waals surface area contributed by atoms with Crippen molar-refractivity contribution < 1.29 is 15.0 Å². The van der Waals surface area contributed by atoms with Crippen molar-refractivity contribution in [1.82, 2.24) is 5.32 Å². The summed E-state index contributed by atoms with van der Waals surface area (Å²) in [5.41, 5.74) is 0. The van der Waals surface area contributed by atoms with Gasteiger partial charge in [0.1, 0.15) is 0 Å². The molecule has 37 heavy (non-hydrogen) atoms. The van der Waals surface area contributed by atoms with Crippen molar-refractivity contribution in [3.8, 4) is 0 Å². The molecule has 0 spiro atoms. The molecule has 2 atom stereocenters. The van der Waals surface area contributed by atoms with Gasteiger partial charge in [-0.05, 0) is 38.5 Å². The average Bonchev–Trinajstić information content (AvgIpc) is 2.90. The predicted octanol–water partition coefficient (Wildman–Crippen LogP) is 9.17. The summed E-state index contributed by atoms with van der Waals surface area (Å²) in [6.45, 7) is 4.32. The van der Waals surface area contributed by atoms with E-state index in [2.05, 4.69) is 31.3 Å². The van der Waals surface area contributed by atoms with E-state index < -0.39 is 12.1 Å². The number of allylic oxidation sites excluding steroid dienone is 2. The molecule has 0 aromatic rings. The Morgan fingerprint density at radius 3 is 1.49 bits per heavy atom. The van der Waals surface area contributed by atoms with E-state index in [1.807, 2.05) is 0 Å². The van der Waals surface area contributed by atoms with Crippen LogP contribution in [0.15, 0.2) is 12.2 Å². The summed E-state index contributed by atoms with van der Waals surface area (Å²) in [4.78, 5) is 12.2. The molecule has 0 aliphatic rings. The summed E-state index contributed by atoms with van der Waals surface area (Å²) in [5.74, 6) is -0.0496. The molecule has 0 aromatic carbocycles. The van der Waals surface area contributed by atoms with E-state index in [0.29, 0.717) is 12.8 Å². The minimum Gasteiger partial charge on any atom is -0.394 e. The SMILES string of the molecule is CCCCCCCC/C=C\CCCCCC(=O)NC(CO)C(O)CCCCCCCCCCCCCC. The second kappa shape index (κ2) is 29.7. The molecule has 0 saturated carbocycles. The fourth-order valence-electron chi connectivity index (χ4n) is 4.94. The zero-order valence-corrected chi connectivity index (χ0v) is 25.0. The third-order valence-electron chi connectivity index (χ3n) is 7.53. The van der Waals surface area contributed by atoms with Crippen LogP contribution in [0.3, 0.4) is 0 Å². The molecule has 0 aliphatic heterocycles. The van der Waals surface area contributed by atoms with Crippen LogP contribution < -0.4 is 5.32 Å². The van der Waals surface area contributed by atoms with Gasteiger partial charge in [-0.15, -0.1) is 0 Å². The van der Waals surface area contributed by atoms with Crippen LogP contribution >= 0.6 is 0 Å². The first kappa shape index (κ1) is 36.1. The number of aliphatic hydroxyl groups excluding tert-OH is 2. The van der Waals surface area contributed by atoms with Crippen molar-refractivity contribution in [2.75, 3.05) is 6.61 Å². The highest BCUT2D eigenvalue weighted by Crippen LogP contribution is 2.14. The van der Waals surface area contributed by atoms with Crippen molar-refractivity contribution in [2.24, 2.45) is 0 Å². The number of aliphatic hydroxyl groups is 2. The van der Waals surface area contributed by atoms with Crippen LogP contribution in [0.2, 0.25) is 0 Å². The van der Waals surface area contributed by atoms with E-state index >= 15 is 0 Å². The molecule has 2 unspecified atom stereocenters. The molecule has 3 N–H and O–H groups in total. The lowest BCUT2D eigenvalue weighted by Gasteiger charge is -2.22. The van der Waals surface area contributed by atoms with Gasteiger partial charge < -0.3 is 15.5 Å². The summed E-state index contributed by atoms with van der Waals surface area (Å²) in [6.07, 6.45) is 33.9. The first-order valence-corrected chi connectivity index (χ1v) is 16.4. The fraction of sp³-hybridized carbons (Fsp3) is 0.909. The molecular formula is C33H65NO3. The Morgan fingerprint density at radius 2 is 1.03 bits per heavy atom. The minimum atomic E-state index is -0.658. The van der Waals surface area contributed by atoms with Gasteiger partial charge in [-0.3, -0.25) is 4.79 Å². The van der Waals surface area contributed by atoms with Crippen LogP contribution in [-0.4, -0.2) is 34.9 Å². The van der Waals surface area contributed by atoms with Gasteiger partial charge in [0, 0.05) is 6.42 Å². The molecule has 0 radical (unpaired) electrons. The number of amides is 1. The van der Waals surface area contributed by atoms with Crippen LogP contribution in [0.4, 0.5) is 0 Å². The van der Waals surface area contributed by atoms with Gasteiger partial charge in [0.25, 0.3) is 0 Å². The van der Waals surface area contributed by atoms with Crippen molar-refractivity contribution in [3.63, 3.8) is 0 Å². The lowest BCUT2D eigenvalue weighted by molar-refractivity contribution is -0.123. The Kier molecular flexibility index (Phi) is 29.0. The Bertz CT molecular complexity index is 494. The third-order valence-corrected chi connectivity index (χ3v) is 7.53. The first-order chi connectivity index (χ1) is 18.2. The first-order valence-electron chi connectivity index (χ1n) is 16.4. The van der Waals surface area contributed by atoms with Crippen molar-refractivity contribution in [2.45, 2.75) is 187 Å². The van der Waals surface area contributed by atoms with Crippen LogP contribution in [0.25, 0.3) is 0 Å². The summed E-state index contributed by atoms with van der Waals surface area (Å²) >= 11 is 0. The fourth-order valence-corrected chi connectivity index (χ4v) is 4.94. The van der Waals surface area contributed by atoms with Crippen LogP contribution in [0.5, 0.6) is 0 Å². The monoisotopic (exact) mass is 523 g/mol. The number of rotatable bonds is 29. The van der Waals surface area contributed by atoms with Gasteiger partial charge in [-0.25, -0.2) is 0 Å². The van der Waals surface area contributed by atoms with E-state index in [0.717, 1.165) is 38.5 Å². The second-order valence-corrected chi connectivity index (χ2v) is 11.2. The summed E-state index contributed by atoms with van der Waals surface area (Å²) in [6, 6.07) is -0.537. The van der Waals surface area contributed by atoms with E-state index in [9.17, 15) is 15.0 Å². The van der Waals surface area contributed by atoms with Crippen molar-refractivity contribution in [3.05, 3.63) is 12.2 Å². The number of hydrogen-bond donors (Lipinski definition) is 3. The summed E-state index contributed by atoms with van der Waals surface area (Å²) in [5, 5.41) is 22.9. The standard InChI is InChI=1S/C33H65NO3/c1-3-5-7-9-11-13-15-17-19-21-23-25-27-29-33(37)34-31(30-35)32(36)28-26-24-22-20-18-16-14-12-10-8-6-4-2/h17,19,31-32,35-36H,3-16,18,20-30H2,1-2H3,(H,34,37)/b19-17-. The molecule has 220 valence electrons. The van der Waals surface area contributed by atoms with Gasteiger partial charge in [0.05, 0.1) is 18.8 Å². The van der Waals surface area contributed by atoms with E-state index in [-0.39, 0.29) is 12.5 Å². The zero-order chi connectivity index (χ0) is 27.2. The highest BCUT2D eigenvalue weighted by molar-refractivity contribution is 5.76. The number of nitrogens with one attached hydrogen (secondary N) is 1. The lowest BCUT2D eigenvalue weighted by Crippen LogP contribution is -2.45. The van der Waals surface area contributed by atoms with Gasteiger partial charge in [-0.1, -0.05) is 142 Å². The normalized spacial score (nSPS) is 13.3. The molecule has 1 amide bonds. The van der Waals surface area contributed by atoms with Gasteiger partial charge in [0.2, 0.25) is 5.91 Å². The summed E-state index contributed by atoms with van der Waals surface area (Å²) < 4.78 is 0. The van der Waals surface area contributed by atoms with Crippen molar-refractivity contribution in [1.29, 1.82) is 0 Å². The third kappa shape index (κ3) is 26.5. The molecule has 0 bridgehead atoms. The van der Waals surface area contributed by atoms with Crippen LogP contribution in [0.1, 0.15) is 174 Å². The average molecular weight is 524 g/mol. The predicted molar refractivity (Wildman–Crippen MR) is 161 cm³/mol. The minimum absolute atomic E-state index is 0.0496. The zero-order valence-electron chi connectivity index (χ0n) is 25.0. The second-order valence-electron chi connectivity index (χ2n) is 11.2. The Labute approximate surface area is 231 Å². The summed E-state index contributed by atoms with van der Waals surface area (Å²) in [7, 11) is 0. The molecule has 0 aliphatic carbocycles. The van der Waals surface area contributed by atoms with Crippen LogP contribution in [0, 0.1) is 0 Å². The Morgan fingerprint density at radius 1 is 0.622 bits per heavy atom. The molecule has 0 fully saturated rings. The molecule has 4 nitrogen and oxygen atoms in total. The quantitative estimate of drug-likeness (QED) is 0.0676. The maximum absolute atomic E-state index is 12.2. The largest absolute Gasteiger partial charge is 0.394 e. The van der Waals surface area contributed by atoms with E-state index in [1.165, 1.54) is 109 Å². The topological polar surface area (TPSA) is 69.6 Å². The molecule has 4 heteroatoms. The van der Waals surface area contributed by atoms with Gasteiger partial charge in [0.15, 0.2) is 0 Å². The number of carbonyl (C=O) groups excluding carboxylic acids is 1. The molecule has 0 saturated heterocycles. The van der Waals surface area contributed by atoms with Crippen LogP contribution in [-0.2, 0) is 4.79 Å². The number of carbonyl (C=O) groups is 1.